The zero-order valence-corrected chi connectivity index (χ0v) is 12.8. The second-order valence-electron chi connectivity index (χ2n) is 6.23. The van der Waals surface area contributed by atoms with Gasteiger partial charge < -0.3 is 14.6 Å². The van der Waals surface area contributed by atoms with Crippen LogP contribution in [0.3, 0.4) is 0 Å². The van der Waals surface area contributed by atoms with Crippen LogP contribution in [0, 0.1) is 11.7 Å². The molecule has 2 unspecified atom stereocenters. The summed E-state index contributed by atoms with van der Waals surface area (Å²) in [6, 6.07) is 7.00. The van der Waals surface area contributed by atoms with Gasteiger partial charge in [-0.25, -0.2) is 4.39 Å². The summed E-state index contributed by atoms with van der Waals surface area (Å²) in [7, 11) is 0. The van der Waals surface area contributed by atoms with E-state index in [4.69, 9.17) is 9.47 Å². The topological polar surface area (TPSA) is 41.9 Å². The molecule has 1 aliphatic heterocycles. The Hall–Kier alpha value is -1.01. The molecule has 5 heteroatoms. The molecule has 2 aliphatic rings. The van der Waals surface area contributed by atoms with Gasteiger partial charge in [0.25, 0.3) is 0 Å². The lowest BCUT2D eigenvalue weighted by Gasteiger charge is -2.36. The third-order valence-corrected chi connectivity index (χ3v) is 4.42. The predicted molar refractivity (Wildman–Crippen MR) is 81.0 cm³/mol. The largest absolute Gasteiger partial charge is 0.389 e. The molecule has 1 aliphatic carbocycles. The number of benzene rings is 1. The van der Waals surface area contributed by atoms with Gasteiger partial charge in [0.1, 0.15) is 5.82 Å². The number of hydrogen-bond acceptors (Lipinski definition) is 4. The average Bonchev–Trinajstić information content (AvgIpc) is 3.34. The fraction of sp³-hybridized carbons (Fsp3) is 0.647. The van der Waals surface area contributed by atoms with Crippen LogP contribution in [0.2, 0.25) is 0 Å². The highest BCUT2D eigenvalue weighted by Crippen LogP contribution is 2.36. The molecular weight excluding hydrogens is 285 g/mol. The van der Waals surface area contributed by atoms with Crippen molar-refractivity contribution in [1.82, 2.24) is 4.90 Å². The molecular formula is C17H24FNO3. The maximum absolute atomic E-state index is 13.5. The summed E-state index contributed by atoms with van der Waals surface area (Å²) in [4.78, 5) is 2.32. The Labute approximate surface area is 130 Å². The molecule has 3 rings (SSSR count). The van der Waals surface area contributed by atoms with E-state index >= 15 is 0 Å². The minimum atomic E-state index is -0.550. The van der Waals surface area contributed by atoms with Gasteiger partial charge >= 0.3 is 0 Å². The first-order valence-electron chi connectivity index (χ1n) is 8.05. The van der Waals surface area contributed by atoms with E-state index in [0.29, 0.717) is 18.2 Å². The number of hydrogen-bond donors (Lipinski definition) is 1. The Balaban J connectivity index is 1.42. The standard InChI is InChI=1S/C17H24FNO3/c18-16-4-2-1-3-14(16)10-22-11-15(20)9-19-7-8-21-12-17(19)13-5-6-13/h1-4,13,15,17,20H,5-12H2. The van der Waals surface area contributed by atoms with E-state index in [9.17, 15) is 9.50 Å². The molecule has 1 saturated heterocycles. The maximum atomic E-state index is 13.5. The van der Waals surface area contributed by atoms with Gasteiger partial charge in [-0.05, 0) is 24.8 Å². The van der Waals surface area contributed by atoms with E-state index in [1.807, 2.05) is 0 Å². The van der Waals surface area contributed by atoms with Crippen LogP contribution in [0.25, 0.3) is 0 Å². The van der Waals surface area contributed by atoms with Crippen molar-refractivity contribution in [1.29, 1.82) is 0 Å². The smallest absolute Gasteiger partial charge is 0.128 e. The second kappa shape index (κ2) is 7.51. The molecule has 1 aromatic carbocycles. The molecule has 1 aromatic rings. The lowest BCUT2D eigenvalue weighted by Crippen LogP contribution is -2.50. The molecule has 0 amide bonds. The maximum Gasteiger partial charge on any atom is 0.128 e. The van der Waals surface area contributed by atoms with Crippen LogP contribution in [-0.2, 0) is 16.1 Å². The van der Waals surface area contributed by atoms with Gasteiger partial charge in [0.05, 0.1) is 32.5 Å². The number of morpholine rings is 1. The van der Waals surface area contributed by atoms with Gasteiger partial charge in [-0.2, -0.15) is 0 Å². The number of aliphatic hydroxyl groups excluding tert-OH is 1. The lowest BCUT2D eigenvalue weighted by molar-refractivity contribution is -0.0502. The molecule has 0 aromatic heterocycles. The monoisotopic (exact) mass is 309 g/mol. The average molecular weight is 309 g/mol. The van der Waals surface area contributed by atoms with Crippen molar-refractivity contribution >= 4 is 0 Å². The Morgan fingerprint density at radius 1 is 1.36 bits per heavy atom. The fourth-order valence-corrected chi connectivity index (χ4v) is 3.04. The van der Waals surface area contributed by atoms with Crippen LogP contribution in [0.5, 0.6) is 0 Å². The van der Waals surface area contributed by atoms with Crippen molar-refractivity contribution in [3.63, 3.8) is 0 Å². The van der Waals surface area contributed by atoms with E-state index in [1.54, 1.807) is 18.2 Å². The third-order valence-electron chi connectivity index (χ3n) is 4.42. The molecule has 2 fully saturated rings. The van der Waals surface area contributed by atoms with E-state index in [0.717, 1.165) is 25.7 Å². The Morgan fingerprint density at radius 3 is 2.95 bits per heavy atom. The zero-order chi connectivity index (χ0) is 15.4. The minimum absolute atomic E-state index is 0.193. The van der Waals surface area contributed by atoms with E-state index < -0.39 is 6.10 Å². The number of nitrogens with zero attached hydrogens (tertiary/aromatic N) is 1. The first-order valence-corrected chi connectivity index (χ1v) is 8.05. The van der Waals surface area contributed by atoms with Crippen LogP contribution < -0.4 is 0 Å². The number of aliphatic hydroxyl groups is 1. The van der Waals surface area contributed by atoms with Crippen molar-refractivity contribution in [3.8, 4) is 0 Å². The van der Waals surface area contributed by atoms with Crippen LogP contribution in [0.15, 0.2) is 24.3 Å². The minimum Gasteiger partial charge on any atom is -0.389 e. The van der Waals surface area contributed by atoms with Gasteiger partial charge in [-0.1, -0.05) is 18.2 Å². The predicted octanol–water partition coefficient (Wildman–Crippen LogP) is 1.81. The van der Waals surface area contributed by atoms with Crippen LogP contribution in [-0.4, -0.2) is 55.1 Å². The van der Waals surface area contributed by atoms with Crippen molar-refractivity contribution in [2.75, 3.05) is 32.9 Å². The summed E-state index contributed by atoms with van der Waals surface area (Å²) < 4.78 is 24.5. The summed E-state index contributed by atoms with van der Waals surface area (Å²) in [6.07, 6.45) is 1.99. The normalized spacial score (nSPS) is 24.4. The van der Waals surface area contributed by atoms with Crippen molar-refractivity contribution < 1.29 is 19.0 Å². The molecule has 0 radical (unpaired) electrons. The van der Waals surface area contributed by atoms with E-state index in [2.05, 4.69) is 4.90 Å². The highest BCUT2D eigenvalue weighted by atomic mass is 19.1. The molecule has 1 heterocycles. The van der Waals surface area contributed by atoms with Crippen LogP contribution in [0.4, 0.5) is 4.39 Å². The molecule has 122 valence electrons. The Morgan fingerprint density at radius 2 is 2.18 bits per heavy atom. The molecule has 2 atom stereocenters. The number of ether oxygens (including phenoxy) is 2. The summed E-state index contributed by atoms with van der Waals surface area (Å²) in [5.74, 6) is 0.464. The van der Waals surface area contributed by atoms with Crippen LogP contribution >= 0.6 is 0 Å². The number of β-amino-alcohol motifs (C(OH)–C–C–N with tert-alkyl or cyclic N) is 1. The van der Waals surface area contributed by atoms with Gasteiger partial charge in [0.2, 0.25) is 0 Å². The Kier molecular flexibility index (Phi) is 5.41. The first-order chi connectivity index (χ1) is 10.7. The highest BCUT2D eigenvalue weighted by Gasteiger charge is 2.37. The van der Waals surface area contributed by atoms with Gasteiger partial charge in [0, 0.05) is 24.7 Å². The summed E-state index contributed by atoms with van der Waals surface area (Å²) >= 11 is 0. The van der Waals surface area contributed by atoms with Gasteiger partial charge in [0.15, 0.2) is 0 Å². The van der Waals surface area contributed by atoms with Crippen molar-refractivity contribution in [3.05, 3.63) is 35.6 Å². The lowest BCUT2D eigenvalue weighted by atomic mass is 10.1. The van der Waals surface area contributed by atoms with Gasteiger partial charge in [-0.15, -0.1) is 0 Å². The van der Waals surface area contributed by atoms with Crippen molar-refractivity contribution in [2.24, 2.45) is 5.92 Å². The highest BCUT2D eigenvalue weighted by molar-refractivity contribution is 5.16. The first kappa shape index (κ1) is 15.9. The SMILES string of the molecule is OC(COCc1ccccc1F)CN1CCOCC1C1CC1. The van der Waals surface area contributed by atoms with E-state index in [1.165, 1.54) is 18.9 Å². The second-order valence-corrected chi connectivity index (χ2v) is 6.23. The molecule has 0 bridgehead atoms. The number of halogens is 1. The molecule has 4 nitrogen and oxygen atoms in total. The molecule has 1 saturated carbocycles. The van der Waals surface area contributed by atoms with Gasteiger partial charge in [-0.3, -0.25) is 4.90 Å². The van der Waals surface area contributed by atoms with E-state index in [-0.39, 0.29) is 19.0 Å². The molecule has 0 spiro atoms. The zero-order valence-electron chi connectivity index (χ0n) is 12.8. The molecule has 22 heavy (non-hydrogen) atoms. The Bertz CT molecular complexity index is 481. The summed E-state index contributed by atoms with van der Waals surface area (Å²) in [6.45, 7) is 3.38. The molecule has 1 N–H and O–H groups in total. The third kappa shape index (κ3) is 4.26. The van der Waals surface area contributed by atoms with Crippen molar-refractivity contribution in [2.45, 2.75) is 31.6 Å². The number of rotatable bonds is 7. The summed E-state index contributed by atoms with van der Waals surface area (Å²) in [5, 5.41) is 10.2. The quantitative estimate of drug-likeness (QED) is 0.834. The fourth-order valence-electron chi connectivity index (χ4n) is 3.04. The summed E-state index contributed by atoms with van der Waals surface area (Å²) in [5.41, 5.74) is 0.525. The van der Waals surface area contributed by atoms with Crippen LogP contribution in [0.1, 0.15) is 18.4 Å².